The van der Waals surface area contributed by atoms with Crippen LogP contribution < -0.4 is 5.32 Å². The van der Waals surface area contributed by atoms with E-state index in [2.05, 4.69) is 17.4 Å². The Labute approximate surface area is 197 Å². The number of likely N-dealkylation sites (tertiary alicyclic amines) is 1. The maximum atomic E-state index is 12.5. The van der Waals surface area contributed by atoms with Crippen molar-refractivity contribution in [3.8, 4) is 11.1 Å². The number of benzene rings is 2. The van der Waals surface area contributed by atoms with Crippen LogP contribution in [0.2, 0.25) is 0 Å². The summed E-state index contributed by atoms with van der Waals surface area (Å²) in [6, 6.07) is 16.1. The van der Waals surface area contributed by atoms with Crippen molar-refractivity contribution in [2.24, 2.45) is 17.8 Å². The first-order chi connectivity index (χ1) is 16.4. The number of aliphatic carboxylic acids is 1. The highest BCUT2D eigenvalue weighted by Crippen LogP contribution is 2.51. The molecule has 3 N–H and O–H groups in total. The van der Waals surface area contributed by atoms with Gasteiger partial charge < -0.3 is 25.2 Å². The van der Waals surface area contributed by atoms with Crippen molar-refractivity contribution in [3.63, 3.8) is 0 Å². The van der Waals surface area contributed by atoms with Crippen LogP contribution in [-0.2, 0) is 14.3 Å². The van der Waals surface area contributed by atoms with Crippen molar-refractivity contribution < 1.29 is 29.3 Å². The molecule has 2 fully saturated rings. The fourth-order valence-corrected chi connectivity index (χ4v) is 5.58. The Balaban J connectivity index is 1.08. The van der Waals surface area contributed by atoms with Gasteiger partial charge in [0, 0.05) is 25.6 Å². The van der Waals surface area contributed by atoms with Gasteiger partial charge in [-0.15, -0.1) is 0 Å². The van der Waals surface area contributed by atoms with Crippen LogP contribution in [0.5, 0.6) is 0 Å². The van der Waals surface area contributed by atoms with Crippen LogP contribution in [0, 0.1) is 17.8 Å². The topological polar surface area (TPSA) is 116 Å². The number of amides is 2. The largest absolute Gasteiger partial charge is 0.481 e. The summed E-state index contributed by atoms with van der Waals surface area (Å²) in [5.41, 5.74) is 4.52. The Morgan fingerprint density at radius 2 is 1.68 bits per heavy atom. The fourth-order valence-electron chi connectivity index (χ4n) is 5.58. The van der Waals surface area contributed by atoms with Gasteiger partial charge in [0.1, 0.15) is 6.61 Å². The average Bonchev–Trinajstić information content (AvgIpc) is 3.49. The molecular formula is C26H28N2O6. The van der Waals surface area contributed by atoms with E-state index in [0.29, 0.717) is 19.5 Å². The first-order valence-corrected chi connectivity index (χ1v) is 11.7. The molecule has 2 aromatic carbocycles. The number of hydrogen-bond donors (Lipinski definition) is 3. The number of nitrogens with zero attached hydrogens (tertiary/aromatic N) is 1. The van der Waals surface area contributed by atoms with Gasteiger partial charge in [0.05, 0.1) is 18.4 Å². The highest BCUT2D eigenvalue weighted by molar-refractivity contribution is 5.80. The van der Waals surface area contributed by atoms with Gasteiger partial charge in [-0.25, -0.2) is 4.79 Å². The number of rotatable bonds is 7. The number of aliphatic hydroxyl groups is 1. The van der Waals surface area contributed by atoms with Crippen LogP contribution in [0.25, 0.3) is 11.1 Å². The van der Waals surface area contributed by atoms with E-state index in [9.17, 15) is 24.6 Å². The standard InChI is InChI=1S/C26H28N2O6/c29-15(11-23(30)28-10-9-20-21(13-28)24(20)25(31)32)12-27-26(33)34-14-22-18-7-3-1-5-16(18)17-6-2-4-8-19(17)22/h1-8,15,20-22,24,29H,9-14H2,(H,27,33)(H,31,32)/t15?,20-,21+,24?/m0/s1. The van der Waals surface area contributed by atoms with Crippen LogP contribution in [0.1, 0.15) is 29.9 Å². The minimum absolute atomic E-state index is 0.0197. The Bertz CT molecular complexity index is 1070. The minimum atomic E-state index is -1.04. The Kier molecular flexibility index (Phi) is 6.00. The second kappa shape index (κ2) is 9.10. The number of hydrogen-bond acceptors (Lipinski definition) is 5. The molecule has 1 saturated carbocycles. The van der Waals surface area contributed by atoms with Crippen molar-refractivity contribution >= 4 is 18.0 Å². The molecule has 34 heavy (non-hydrogen) atoms. The third-order valence-corrected chi connectivity index (χ3v) is 7.37. The zero-order valence-corrected chi connectivity index (χ0v) is 18.7. The van der Waals surface area contributed by atoms with Crippen molar-refractivity contribution in [3.05, 3.63) is 59.7 Å². The molecule has 3 aliphatic rings. The third-order valence-electron chi connectivity index (χ3n) is 7.37. The predicted molar refractivity (Wildman–Crippen MR) is 123 cm³/mol. The third kappa shape index (κ3) is 4.25. The molecule has 5 rings (SSSR count). The second-order valence-electron chi connectivity index (χ2n) is 9.38. The molecule has 2 aliphatic carbocycles. The van der Waals surface area contributed by atoms with E-state index >= 15 is 0 Å². The summed E-state index contributed by atoms with van der Waals surface area (Å²) >= 11 is 0. The molecule has 0 aromatic heterocycles. The van der Waals surface area contributed by atoms with Crippen molar-refractivity contribution in [1.29, 1.82) is 0 Å². The molecule has 178 valence electrons. The highest BCUT2D eigenvalue weighted by atomic mass is 16.5. The van der Waals surface area contributed by atoms with E-state index in [1.54, 1.807) is 4.90 Å². The van der Waals surface area contributed by atoms with Gasteiger partial charge >= 0.3 is 12.1 Å². The lowest BCUT2D eigenvalue weighted by molar-refractivity contribution is -0.139. The van der Waals surface area contributed by atoms with E-state index in [1.807, 2.05) is 36.4 Å². The summed E-state index contributed by atoms with van der Waals surface area (Å²) in [6.07, 6.45) is -1.13. The summed E-state index contributed by atoms with van der Waals surface area (Å²) in [6.45, 7) is 1.01. The van der Waals surface area contributed by atoms with Crippen LogP contribution >= 0.6 is 0 Å². The van der Waals surface area contributed by atoms with Gasteiger partial charge in [-0.3, -0.25) is 9.59 Å². The quantitative estimate of drug-likeness (QED) is 0.580. The molecule has 0 radical (unpaired) electrons. The number of ether oxygens (including phenoxy) is 1. The molecule has 2 aromatic rings. The van der Waals surface area contributed by atoms with Crippen molar-refractivity contribution in [2.75, 3.05) is 26.2 Å². The zero-order valence-electron chi connectivity index (χ0n) is 18.7. The molecule has 1 aliphatic heterocycles. The van der Waals surface area contributed by atoms with E-state index in [0.717, 1.165) is 22.3 Å². The summed E-state index contributed by atoms with van der Waals surface area (Å²) in [5, 5.41) is 22.0. The van der Waals surface area contributed by atoms with Crippen LogP contribution in [0.4, 0.5) is 4.79 Å². The first kappa shape index (κ1) is 22.4. The number of nitrogens with one attached hydrogen (secondary N) is 1. The summed E-state index contributed by atoms with van der Waals surface area (Å²) < 4.78 is 5.45. The molecule has 0 bridgehead atoms. The van der Waals surface area contributed by atoms with E-state index in [1.165, 1.54) is 0 Å². The van der Waals surface area contributed by atoms with Gasteiger partial charge in [0.25, 0.3) is 0 Å². The number of fused-ring (bicyclic) bond motifs is 4. The van der Waals surface area contributed by atoms with Crippen molar-refractivity contribution in [2.45, 2.75) is 24.9 Å². The molecule has 8 heteroatoms. The zero-order chi connectivity index (χ0) is 23.8. The van der Waals surface area contributed by atoms with Gasteiger partial charge in [-0.2, -0.15) is 0 Å². The SMILES string of the molecule is O=C(NCC(O)CC(=O)N1CC[C@@H]2C(C(=O)O)[C@@H]2C1)OCC1c2ccccc2-c2ccccc21. The van der Waals surface area contributed by atoms with Gasteiger partial charge in [0.2, 0.25) is 5.91 Å². The first-order valence-electron chi connectivity index (χ1n) is 11.7. The number of carboxylic acid groups (broad SMARTS) is 1. The van der Waals surface area contributed by atoms with E-state index in [4.69, 9.17) is 4.74 Å². The molecule has 8 nitrogen and oxygen atoms in total. The normalized spacial score (nSPS) is 23.3. The number of carboxylic acids is 1. The Morgan fingerprint density at radius 3 is 2.32 bits per heavy atom. The van der Waals surface area contributed by atoms with E-state index < -0.39 is 18.2 Å². The smallest absolute Gasteiger partial charge is 0.407 e. The predicted octanol–water partition coefficient (Wildman–Crippen LogP) is 2.46. The monoisotopic (exact) mass is 464 g/mol. The molecular weight excluding hydrogens is 436 g/mol. The molecule has 1 heterocycles. The summed E-state index contributed by atoms with van der Waals surface area (Å²) in [4.78, 5) is 37.6. The second-order valence-corrected chi connectivity index (χ2v) is 9.38. The number of carbonyl (C=O) groups is 3. The maximum Gasteiger partial charge on any atom is 0.407 e. The van der Waals surface area contributed by atoms with Crippen LogP contribution in [0.15, 0.2) is 48.5 Å². The van der Waals surface area contributed by atoms with Gasteiger partial charge in [-0.05, 0) is 40.5 Å². The van der Waals surface area contributed by atoms with E-state index in [-0.39, 0.29) is 49.2 Å². The number of alkyl carbamates (subject to hydrolysis) is 1. The molecule has 2 amide bonds. The lowest BCUT2D eigenvalue weighted by Gasteiger charge is -2.27. The molecule has 2 unspecified atom stereocenters. The fraction of sp³-hybridized carbons (Fsp3) is 0.423. The molecule has 4 atom stereocenters. The number of aliphatic hydroxyl groups excluding tert-OH is 1. The average molecular weight is 465 g/mol. The lowest BCUT2D eigenvalue weighted by atomic mass is 9.98. The molecule has 1 saturated heterocycles. The Hall–Kier alpha value is -3.39. The van der Waals surface area contributed by atoms with Crippen LogP contribution in [-0.4, -0.2) is 65.4 Å². The summed E-state index contributed by atoms with van der Waals surface area (Å²) in [7, 11) is 0. The van der Waals surface area contributed by atoms with Crippen LogP contribution in [0.3, 0.4) is 0 Å². The highest BCUT2D eigenvalue weighted by Gasteiger charge is 2.57. The molecule has 0 spiro atoms. The summed E-state index contributed by atoms with van der Waals surface area (Å²) in [5.74, 6) is -1.23. The maximum absolute atomic E-state index is 12.5. The van der Waals surface area contributed by atoms with Gasteiger partial charge in [-0.1, -0.05) is 48.5 Å². The lowest BCUT2D eigenvalue weighted by Crippen LogP contribution is -2.41. The van der Waals surface area contributed by atoms with Gasteiger partial charge in [0.15, 0.2) is 0 Å². The number of carbonyl (C=O) groups excluding carboxylic acids is 2. The number of piperidine rings is 1. The van der Waals surface area contributed by atoms with Crippen molar-refractivity contribution in [1.82, 2.24) is 10.2 Å². The Morgan fingerprint density at radius 1 is 1.03 bits per heavy atom. The minimum Gasteiger partial charge on any atom is -0.481 e.